The highest BCUT2D eigenvalue weighted by atomic mass is 32.2. The summed E-state index contributed by atoms with van der Waals surface area (Å²) < 4.78 is 36.4. The molecule has 4 aromatic rings. The van der Waals surface area contributed by atoms with Crippen molar-refractivity contribution in [3.8, 4) is 5.75 Å². The summed E-state index contributed by atoms with van der Waals surface area (Å²) in [6, 6.07) is 29.5. The first-order chi connectivity index (χ1) is 17.0. The van der Waals surface area contributed by atoms with Crippen molar-refractivity contribution in [2.75, 3.05) is 27.2 Å². The zero-order chi connectivity index (χ0) is 26.2. The van der Waals surface area contributed by atoms with Crippen LogP contribution < -0.4 is 4.74 Å². The van der Waals surface area contributed by atoms with Gasteiger partial charge in [0, 0.05) is 17.7 Å². The molecule has 0 fully saturated rings. The second-order valence-electron chi connectivity index (χ2n) is 8.89. The summed E-state index contributed by atoms with van der Waals surface area (Å²) in [5.41, 5.74) is 0.989. The fraction of sp³-hybridized carbons (Fsp3) is 0.185. The molecule has 4 rings (SSSR count). The Morgan fingerprint density at radius 3 is 2.19 bits per heavy atom. The average Bonchev–Trinajstić information content (AvgIpc) is 2.84. The van der Waals surface area contributed by atoms with Crippen molar-refractivity contribution >= 4 is 26.6 Å². The molecule has 8 nitrogen and oxygen atoms in total. The van der Waals surface area contributed by atoms with E-state index in [1.54, 1.807) is 0 Å². The van der Waals surface area contributed by atoms with Gasteiger partial charge in [-0.2, -0.15) is 8.42 Å². The van der Waals surface area contributed by atoms with Gasteiger partial charge in [-0.05, 0) is 35.0 Å². The molecule has 0 aliphatic rings. The van der Waals surface area contributed by atoms with Crippen LogP contribution in [0.3, 0.4) is 0 Å². The number of para-hydroxylation sites is 1. The lowest BCUT2D eigenvalue weighted by Crippen LogP contribution is -2.41. The van der Waals surface area contributed by atoms with Crippen LogP contribution in [-0.4, -0.2) is 49.6 Å². The first kappa shape index (κ1) is 26.8. The molecule has 0 atom stereocenters. The summed E-state index contributed by atoms with van der Waals surface area (Å²) >= 11 is 0. The minimum atomic E-state index is -4.36. The highest BCUT2D eigenvalue weighted by Gasteiger charge is 2.16. The quantitative estimate of drug-likeness (QED) is 0.149. The lowest BCUT2D eigenvalue weighted by atomic mass is 10.1. The molecule has 9 heteroatoms. The molecule has 0 amide bonds. The van der Waals surface area contributed by atoms with Crippen LogP contribution in [0.2, 0.25) is 0 Å². The van der Waals surface area contributed by atoms with Gasteiger partial charge >= 0.3 is 0 Å². The molecule has 0 radical (unpaired) electrons. The fourth-order valence-electron chi connectivity index (χ4n) is 3.60. The van der Waals surface area contributed by atoms with E-state index in [2.05, 4.69) is 56.6 Å². The number of nitro groups is 1. The SMILES string of the molecule is C[N+](C)(CCOc1ccccc1)Cc1ccc2ccccc2c1.O=[N+]([O-])c1cccc(S(=O)(=O)O)c1. The van der Waals surface area contributed by atoms with Gasteiger partial charge < -0.3 is 9.22 Å². The van der Waals surface area contributed by atoms with E-state index in [-0.39, 0.29) is 5.69 Å². The van der Waals surface area contributed by atoms with Gasteiger partial charge in [-0.3, -0.25) is 14.7 Å². The molecule has 36 heavy (non-hydrogen) atoms. The molecule has 0 aliphatic carbocycles. The third-order valence-electron chi connectivity index (χ3n) is 5.46. The third kappa shape index (κ3) is 8.16. The van der Waals surface area contributed by atoms with Crippen molar-refractivity contribution in [3.63, 3.8) is 0 Å². The smallest absolute Gasteiger partial charge is 0.294 e. The normalized spacial score (nSPS) is 11.4. The van der Waals surface area contributed by atoms with Gasteiger partial charge in [-0.1, -0.05) is 60.7 Å². The Morgan fingerprint density at radius 2 is 1.53 bits per heavy atom. The van der Waals surface area contributed by atoms with Crippen LogP contribution in [0.15, 0.2) is 102 Å². The first-order valence-electron chi connectivity index (χ1n) is 11.2. The molecule has 0 unspecified atom stereocenters. The standard InChI is InChI=1S/C21H24NO.C6H5NO5S/c1-22(2,14-15-23-21-10-4-3-5-11-21)17-18-12-13-19-8-6-7-9-20(19)16-18;8-7(9)5-2-1-3-6(4-5)13(10,11)12/h3-13,16H,14-15,17H2,1-2H3;1-4H,(H,10,11,12)/q+1;. The predicted octanol–water partition coefficient (Wildman–Crippen LogP) is 5.34. The summed E-state index contributed by atoms with van der Waals surface area (Å²) in [6.45, 7) is 2.70. The maximum absolute atomic E-state index is 10.5. The molecule has 0 heterocycles. The van der Waals surface area contributed by atoms with Crippen molar-refractivity contribution in [2.45, 2.75) is 11.4 Å². The summed E-state index contributed by atoms with van der Waals surface area (Å²) in [5.74, 6) is 0.943. The minimum Gasteiger partial charge on any atom is -0.488 e. The Morgan fingerprint density at radius 1 is 0.861 bits per heavy atom. The lowest BCUT2D eigenvalue weighted by molar-refractivity contribution is -0.903. The number of hydrogen-bond donors (Lipinski definition) is 1. The number of quaternary nitrogens is 1. The second kappa shape index (κ2) is 11.8. The van der Waals surface area contributed by atoms with Crippen molar-refractivity contribution in [2.24, 2.45) is 0 Å². The van der Waals surface area contributed by atoms with Gasteiger partial charge in [-0.25, -0.2) is 0 Å². The number of non-ortho nitro benzene ring substituents is 1. The highest BCUT2D eigenvalue weighted by molar-refractivity contribution is 7.85. The van der Waals surface area contributed by atoms with Gasteiger partial charge in [0.15, 0.2) is 0 Å². The van der Waals surface area contributed by atoms with Crippen LogP contribution in [0, 0.1) is 10.1 Å². The topological polar surface area (TPSA) is 107 Å². The van der Waals surface area contributed by atoms with Gasteiger partial charge in [0.2, 0.25) is 0 Å². The maximum atomic E-state index is 10.5. The van der Waals surface area contributed by atoms with Crippen LogP contribution in [-0.2, 0) is 16.7 Å². The molecule has 188 valence electrons. The van der Waals surface area contributed by atoms with Crippen LogP contribution in [0.1, 0.15) is 5.56 Å². The Labute approximate surface area is 210 Å². The second-order valence-corrected chi connectivity index (χ2v) is 10.3. The van der Waals surface area contributed by atoms with E-state index in [0.717, 1.165) is 48.1 Å². The molecule has 0 saturated carbocycles. The molecular formula is C27H29N2O6S+. The third-order valence-corrected chi connectivity index (χ3v) is 6.31. The molecule has 0 aromatic heterocycles. The first-order valence-corrected chi connectivity index (χ1v) is 12.7. The Balaban J connectivity index is 0.000000236. The molecule has 0 saturated heterocycles. The number of likely N-dealkylation sites (N-methyl/N-ethyl adjacent to an activating group) is 1. The Bertz CT molecular complexity index is 1420. The number of benzene rings is 4. The van der Waals surface area contributed by atoms with Crippen LogP contribution in [0.25, 0.3) is 10.8 Å². The summed E-state index contributed by atoms with van der Waals surface area (Å²) in [5, 5.41) is 12.8. The van der Waals surface area contributed by atoms with Crippen molar-refractivity contribution in [1.29, 1.82) is 0 Å². The zero-order valence-corrected chi connectivity index (χ0v) is 21.0. The number of ether oxygens (including phenoxy) is 1. The van der Waals surface area contributed by atoms with Crippen LogP contribution in [0.4, 0.5) is 5.69 Å². The predicted molar refractivity (Wildman–Crippen MR) is 139 cm³/mol. The molecule has 0 bridgehead atoms. The number of fused-ring (bicyclic) bond motifs is 1. The highest BCUT2D eigenvalue weighted by Crippen LogP contribution is 2.19. The summed E-state index contributed by atoms with van der Waals surface area (Å²) in [7, 11) is 0.144. The number of nitrogens with zero attached hydrogens (tertiary/aromatic N) is 2. The van der Waals surface area contributed by atoms with Gasteiger partial charge in [0.1, 0.15) is 30.3 Å². The Kier molecular flexibility index (Phi) is 8.76. The van der Waals surface area contributed by atoms with Gasteiger partial charge in [0.25, 0.3) is 15.8 Å². The van der Waals surface area contributed by atoms with E-state index in [0.29, 0.717) is 0 Å². The monoisotopic (exact) mass is 509 g/mol. The van der Waals surface area contributed by atoms with E-state index >= 15 is 0 Å². The van der Waals surface area contributed by atoms with Gasteiger partial charge in [-0.15, -0.1) is 0 Å². The van der Waals surface area contributed by atoms with Crippen molar-refractivity contribution in [3.05, 3.63) is 113 Å². The van der Waals surface area contributed by atoms with Crippen LogP contribution >= 0.6 is 0 Å². The van der Waals surface area contributed by atoms with Crippen LogP contribution in [0.5, 0.6) is 5.75 Å². The molecule has 0 aliphatic heterocycles. The van der Waals surface area contributed by atoms with E-state index in [1.807, 2.05) is 30.3 Å². The maximum Gasteiger partial charge on any atom is 0.294 e. The molecule has 4 aromatic carbocycles. The van der Waals surface area contributed by atoms with Gasteiger partial charge in [0.05, 0.1) is 19.0 Å². The van der Waals surface area contributed by atoms with Crippen molar-refractivity contribution in [1.82, 2.24) is 0 Å². The zero-order valence-electron chi connectivity index (χ0n) is 20.2. The number of nitro benzene ring substituents is 1. The molecule has 0 spiro atoms. The summed E-state index contributed by atoms with van der Waals surface area (Å²) in [6.07, 6.45) is 0. The lowest BCUT2D eigenvalue weighted by Gasteiger charge is -2.30. The molecular weight excluding hydrogens is 480 g/mol. The Hall–Kier alpha value is -3.79. The van der Waals surface area contributed by atoms with E-state index < -0.39 is 19.9 Å². The minimum absolute atomic E-state index is 0.380. The average molecular weight is 510 g/mol. The van der Waals surface area contributed by atoms with Crippen molar-refractivity contribution < 1.29 is 27.1 Å². The fourth-order valence-corrected chi connectivity index (χ4v) is 4.12. The summed E-state index contributed by atoms with van der Waals surface area (Å²) in [4.78, 5) is 8.98. The number of hydrogen-bond acceptors (Lipinski definition) is 5. The molecule has 1 N–H and O–H groups in total. The van der Waals surface area contributed by atoms with E-state index in [4.69, 9.17) is 9.29 Å². The van der Waals surface area contributed by atoms with E-state index in [9.17, 15) is 18.5 Å². The number of rotatable bonds is 8. The van der Waals surface area contributed by atoms with E-state index in [1.165, 1.54) is 22.4 Å². The largest absolute Gasteiger partial charge is 0.488 e.